The van der Waals surface area contributed by atoms with E-state index >= 15 is 0 Å². The number of halogens is 1. The minimum absolute atomic E-state index is 0.0819. The maximum absolute atomic E-state index is 14.6. The summed E-state index contributed by atoms with van der Waals surface area (Å²) in [6.07, 6.45) is 2.45. The summed E-state index contributed by atoms with van der Waals surface area (Å²) in [6, 6.07) is 8.66. The lowest BCUT2D eigenvalue weighted by molar-refractivity contribution is -0.128. The number of aromatic nitrogens is 3. The predicted octanol–water partition coefficient (Wildman–Crippen LogP) is 2.44. The second-order valence-electron chi connectivity index (χ2n) is 9.06. The molecule has 0 unspecified atom stereocenters. The van der Waals surface area contributed by atoms with Crippen molar-refractivity contribution in [3.05, 3.63) is 53.4 Å². The minimum atomic E-state index is -0.785. The van der Waals surface area contributed by atoms with Crippen molar-refractivity contribution in [3.63, 3.8) is 0 Å². The minimum Gasteiger partial charge on any atom is -0.345 e. The van der Waals surface area contributed by atoms with Crippen molar-refractivity contribution >= 4 is 17.9 Å². The second-order valence-corrected chi connectivity index (χ2v) is 9.06. The normalized spacial score (nSPS) is 15.4. The van der Waals surface area contributed by atoms with Crippen LogP contribution in [0.4, 0.5) is 4.39 Å². The smallest absolute Gasteiger partial charge is 0.282 e. The van der Waals surface area contributed by atoms with Crippen molar-refractivity contribution in [2.75, 3.05) is 33.7 Å². The molecule has 0 bridgehead atoms. The molecule has 0 saturated heterocycles. The maximum atomic E-state index is 14.6. The molecule has 1 aliphatic heterocycles. The molecule has 0 saturated carbocycles. The molecule has 0 radical (unpaired) electrons. The molecule has 3 rings (SSSR count). The van der Waals surface area contributed by atoms with Crippen LogP contribution in [0.15, 0.2) is 36.2 Å². The standard InChI is InChI=1S/C24H33FN6O2/c1-17(2)14-20(26-22(32)16-29(3)4)23-28-27-21-10-11-30(12-13-31(21)23)24(33)19(25)15-18-8-6-5-7-9-18/h5-9,15,17,20H,10-14,16H2,1-4H3,(H,26,32)/b19-15-/t20-/m0/s1. The fraction of sp³-hybridized carbons (Fsp3) is 0.500. The van der Waals surface area contributed by atoms with Gasteiger partial charge in [0.1, 0.15) is 5.82 Å². The zero-order valence-corrected chi connectivity index (χ0v) is 19.8. The number of hydrogen-bond donors (Lipinski definition) is 1. The first-order chi connectivity index (χ1) is 15.7. The fourth-order valence-electron chi connectivity index (χ4n) is 3.94. The number of likely N-dealkylation sites (N-methyl/N-ethyl adjacent to an activating group) is 1. The topological polar surface area (TPSA) is 83.4 Å². The van der Waals surface area contributed by atoms with Crippen LogP contribution < -0.4 is 5.32 Å². The fourth-order valence-corrected chi connectivity index (χ4v) is 3.94. The highest BCUT2D eigenvalue weighted by Crippen LogP contribution is 2.23. The Balaban J connectivity index is 1.74. The van der Waals surface area contributed by atoms with Crippen LogP contribution in [0.3, 0.4) is 0 Å². The number of hydrogen-bond acceptors (Lipinski definition) is 5. The monoisotopic (exact) mass is 456 g/mol. The van der Waals surface area contributed by atoms with E-state index in [0.29, 0.717) is 49.8 Å². The van der Waals surface area contributed by atoms with E-state index in [2.05, 4.69) is 29.4 Å². The summed E-state index contributed by atoms with van der Waals surface area (Å²) >= 11 is 0. The summed E-state index contributed by atoms with van der Waals surface area (Å²) < 4.78 is 16.6. The molecular weight excluding hydrogens is 423 g/mol. The molecular formula is C24H33FN6O2. The summed E-state index contributed by atoms with van der Waals surface area (Å²) in [4.78, 5) is 28.5. The number of fused-ring (bicyclic) bond motifs is 1. The summed E-state index contributed by atoms with van der Waals surface area (Å²) in [7, 11) is 3.69. The zero-order valence-electron chi connectivity index (χ0n) is 19.8. The van der Waals surface area contributed by atoms with E-state index in [1.54, 1.807) is 24.3 Å². The third kappa shape index (κ3) is 6.71. The zero-order chi connectivity index (χ0) is 24.0. The maximum Gasteiger partial charge on any atom is 0.282 e. The molecule has 178 valence electrons. The highest BCUT2D eigenvalue weighted by Gasteiger charge is 2.28. The molecule has 0 fully saturated rings. The molecule has 1 aromatic heterocycles. The van der Waals surface area contributed by atoms with Gasteiger partial charge >= 0.3 is 0 Å². The Morgan fingerprint density at radius 2 is 1.88 bits per heavy atom. The van der Waals surface area contributed by atoms with Crippen LogP contribution in [0.1, 0.15) is 43.5 Å². The van der Waals surface area contributed by atoms with Crippen molar-refractivity contribution in [3.8, 4) is 0 Å². The molecule has 2 heterocycles. The molecule has 2 aromatic rings. The SMILES string of the molecule is CC(C)C[C@H](NC(=O)CN(C)C)c1nnc2n1CCN(C(=O)/C(F)=C/c1ccccc1)CC2. The van der Waals surface area contributed by atoms with Crippen LogP contribution >= 0.6 is 0 Å². The van der Waals surface area contributed by atoms with Crippen molar-refractivity contribution in [2.45, 2.75) is 39.3 Å². The Hall–Kier alpha value is -3.07. The number of carbonyl (C=O) groups is 2. The molecule has 9 heteroatoms. The van der Waals surface area contributed by atoms with Gasteiger partial charge in [-0.15, -0.1) is 10.2 Å². The van der Waals surface area contributed by atoms with E-state index in [-0.39, 0.29) is 18.5 Å². The van der Waals surface area contributed by atoms with E-state index in [0.717, 1.165) is 5.82 Å². The van der Waals surface area contributed by atoms with Gasteiger partial charge < -0.3 is 19.7 Å². The molecule has 1 aromatic carbocycles. The Bertz CT molecular complexity index is 986. The molecule has 0 spiro atoms. The van der Waals surface area contributed by atoms with Crippen LogP contribution in [-0.4, -0.2) is 70.1 Å². The van der Waals surface area contributed by atoms with Crippen LogP contribution in [0.25, 0.3) is 6.08 Å². The Morgan fingerprint density at radius 3 is 2.55 bits per heavy atom. The van der Waals surface area contributed by atoms with Gasteiger partial charge in [-0.2, -0.15) is 0 Å². The van der Waals surface area contributed by atoms with E-state index in [1.807, 2.05) is 29.6 Å². The summed E-state index contributed by atoms with van der Waals surface area (Å²) in [6.45, 7) is 5.60. The number of rotatable bonds is 8. The number of amides is 2. The highest BCUT2D eigenvalue weighted by molar-refractivity contribution is 5.95. The van der Waals surface area contributed by atoms with Crippen LogP contribution in [0.5, 0.6) is 0 Å². The van der Waals surface area contributed by atoms with Gasteiger partial charge in [0, 0.05) is 26.1 Å². The Kier molecular flexibility index (Phi) is 8.32. The van der Waals surface area contributed by atoms with Gasteiger partial charge in [0.25, 0.3) is 5.91 Å². The van der Waals surface area contributed by atoms with Crippen molar-refractivity contribution in [1.82, 2.24) is 29.9 Å². The van der Waals surface area contributed by atoms with Crippen molar-refractivity contribution in [1.29, 1.82) is 0 Å². The molecule has 33 heavy (non-hydrogen) atoms. The summed E-state index contributed by atoms with van der Waals surface area (Å²) in [5, 5.41) is 11.8. The lowest BCUT2D eigenvalue weighted by Crippen LogP contribution is -2.38. The molecule has 0 aliphatic carbocycles. The highest BCUT2D eigenvalue weighted by atomic mass is 19.1. The quantitative estimate of drug-likeness (QED) is 0.617. The van der Waals surface area contributed by atoms with Crippen LogP contribution in [0, 0.1) is 5.92 Å². The van der Waals surface area contributed by atoms with Gasteiger partial charge in [0.15, 0.2) is 11.7 Å². The number of nitrogens with zero attached hydrogens (tertiary/aromatic N) is 5. The van der Waals surface area contributed by atoms with E-state index in [9.17, 15) is 14.0 Å². The molecule has 1 aliphatic rings. The first kappa shape index (κ1) is 24.6. The average molecular weight is 457 g/mol. The number of benzene rings is 1. The lowest BCUT2D eigenvalue weighted by atomic mass is 10.0. The predicted molar refractivity (Wildman–Crippen MR) is 125 cm³/mol. The second kappa shape index (κ2) is 11.2. The van der Waals surface area contributed by atoms with E-state index in [4.69, 9.17) is 0 Å². The van der Waals surface area contributed by atoms with Gasteiger partial charge in [-0.25, -0.2) is 4.39 Å². The van der Waals surface area contributed by atoms with E-state index < -0.39 is 11.7 Å². The van der Waals surface area contributed by atoms with Gasteiger partial charge in [-0.05, 0) is 38.1 Å². The van der Waals surface area contributed by atoms with Gasteiger partial charge in [0.2, 0.25) is 5.91 Å². The van der Waals surface area contributed by atoms with Crippen molar-refractivity contribution in [2.24, 2.45) is 5.92 Å². The van der Waals surface area contributed by atoms with Gasteiger partial charge in [0.05, 0.1) is 12.6 Å². The van der Waals surface area contributed by atoms with Gasteiger partial charge in [-0.3, -0.25) is 9.59 Å². The van der Waals surface area contributed by atoms with Gasteiger partial charge in [-0.1, -0.05) is 44.2 Å². The third-order valence-corrected chi connectivity index (χ3v) is 5.45. The van der Waals surface area contributed by atoms with Crippen LogP contribution in [-0.2, 0) is 22.6 Å². The average Bonchev–Trinajstić information content (AvgIpc) is 3.04. The number of carbonyl (C=O) groups excluding carboxylic acids is 2. The van der Waals surface area contributed by atoms with Crippen LogP contribution in [0.2, 0.25) is 0 Å². The lowest BCUT2D eigenvalue weighted by Gasteiger charge is -2.23. The number of nitrogens with one attached hydrogen (secondary N) is 1. The summed E-state index contributed by atoms with van der Waals surface area (Å²) in [5.41, 5.74) is 0.641. The Labute approximate surface area is 194 Å². The van der Waals surface area contributed by atoms with Crippen molar-refractivity contribution < 1.29 is 14.0 Å². The third-order valence-electron chi connectivity index (χ3n) is 5.45. The molecule has 1 N–H and O–H groups in total. The largest absolute Gasteiger partial charge is 0.345 e. The first-order valence-electron chi connectivity index (χ1n) is 11.3. The molecule has 1 atom stereocenters. The molecule has 8 nitrogen and oxygen atoms in total. The first-order valence-corrected chi connectivity index (χ1v) is 11.3. The van der Waals surface area contributed by atoms with E-state index in [1.165, 1.54) is 11.0 Å². The molecule has 2 amide bonds. The Morgan fingerprint density at radius 1 is 1.15 bits per heavy atom. The summed E-state index contributed by atoms with van der Waals surface area (Å²) in [5.74, 6) is 0.263.